The summed E-state index contributed by atoms with van der Waals surface area (Å²) in [5.41, 5.74) is -0.184. The van der Waals surface area contributed by atoms with E-state index in [2.05, 4.69) is 0 Å². The molecule has 4 aliphatic rings. The minimum Gasteiger partial charge on any atom is -0.390 e. The molecule has 1 heteroatoms. The van der Waals surface area contributed by atoms with E-state index in [0.29, 0.717) is 0 Å². The van der Waals surface area contributed by atoms with Gasteiger partial charge in [0, 0.05) is 0 Å². The maximum Gasteiger partial charge on any atom is 0.0656 e. The van der Waals surface area contributed by atoms with Crippen molar-refractivity contribution in [3.8, 4) is 0 Å². The van der Waals surface area contributed by atoms with Crippen molar-refractivity contribution in [3.63, 3.8) is 0 Å². The zero-order chi connectivity index (χ0) is 6.77. The molecule has 4 rings (SSSR count). The van der Waals surface area contributed by atoms with Gasteiger partial charge in [-0.3, -0.25) is 0 Å². The zero-order valence-electron chi connectivity index (χ0n) is 6.21. The lowest BCUT2D eigenvalue weighted by molar-refractivity contribution is -0.0110. The SMILES string of the molecule is OC12CC3CC(C1)C(C3)C2. The highest BCUT2D eigenvalue weighted by Crippen LogP contribution is 2.59. The summed E-state index contributed by atoms with van der Waals surface area (Å²) < 4.78 is 0. The second kappa shape index (κ2) is 1.42. The standard InChI is InChI=1S/C9H14O/c10-9-3-6-1-7(4-9)8(2-6)5-9/h6-8,10H,1-5H2. The fourth-order valence-electron chi connectivity index (χ4n) is 3.77. The average Bonchev–Trinajstić information content (AvgIpc) is 2.16. The van der Waals surface area contributed by atoms with E-state index in [-0.39, 0.29) is 5.60 Å². The lowest BCUT2D eigenvalue weighted by Crippen LogP contribution is -2.33. The van der Waals surface area contributed by atoms with Crippen molar-refractivity contribution in [2.24, 2.45) is 17.8 Å². The monoisotopic (exact) mass is 138 g/mol. The second-order valence-electron chi connectivity index (χ2n) is 4.69. The molecular formula is C9H14O. The third-order valence-electron chi connectivity index (χ3n) is 3.89. The normalized spacial score (nSPS) is 63.9. The summed E-state index contributed by atoms with van der Waals surface area (Å²) in [7, 11) is 0. The van der Waals surface area contributed by atoms with Gasteiger partial charge in [-0.2, -0.15) is 0 Å². The highest BCUT2D eigenvalue weighted by atomic mass is 16.3. The largest absolute Gasteiger partial charge is 0.390 e. The summed E-state index contributed by atoms with van der Waals surface area (Å²) in [5, 5.41) is 9.92. The molecule has 0 heterocycles. The molecule has 0 saturated heterocycles. The average molecular weight is 138 g/mol. The second-order valence-corrected chi connectivity index (χ2v) is 4.69. The van der Waals surface area contributed by atoms with E-state index in [1.54, 1.807) is 0 Å². The van der Waals surface area contributed by atoms with Crippen LogP contribution >= 0.6 is 0 Å². The Morgan fingerprint density at radius 1 is 1.00 bits per heavy atom. The van der Waals surface area contributed by atoms with Crippen LogP contribution in [0.4, 0.5) is 0 Å². The molecule has 2 atom stereocenters. The summed E-state index contributed by atoms with van der Waals surface area (Å²) in [6.45, 7) is 0. The first-order chi connectivity index (χ1) is 4.75. The van der Waals surface area contributed by atoms with Gasteiger partial charge in [-0.05, 0) is 49.9 Å². The minimum absolute atomic E-state index is 0.184. The maximum absolute atomic E-state index is 9.92. The van der Waals surface area contributed by atoms with Gasteiger partial charge in [0.2, 0.25) is 0 Å². The van der Waals surface area contributed by atoms with Crippen LogP contribution in [-0.4, -0.2) is 10.7 Å². The third kappa shape index (κ3) is 0.531. The molecular weight excluding hydrogens is 124 g/mol. The number of rotatable bonds is 0. The topological polar surface area (TPSA) is 20.2 Å². The zero-order valence-corrected chi connectivity index (χ0v) is 6.21. The highest BCUT2D eigenvalue weighted by Gasteiger charge is 2.54. The molecule has 4 bridgehead atoms. The van der Waals surface area contributed by atoms with Crippen LogP contribution < -0.4 is 0 Å². The van der Waals surface area contributed by atoms with Crippen molar-refractivity contribution >= 4 is 0 Å². The third-order valence-corrected chi connectivity index (χ3v) is 3.89. The van der Waals surface area contributed by atoms with Crippen LogP contribution in [0.15, 0.2) is 0 Å². The molecule has 0 aromatic heterocycles. The first kappa shape index (κ1) is 5.59. The molecule has 1 nitrogen and oxygen atoms in total. The summed E-state index contributed by atoms with van der Waals surface area (Å²) in [6, 6.07) is 0. The molecule has 56 valence electrons. The summed E-state index contributed by atoms with van der Waals surface area (Å²) in [5.74, 6) is 2.75. The summed E-state index contributed by atoms with van der Waals surface area (Å²) in [4.78, 5) is 0. The lowest BCUT2D eigenvalue weighted by Gasteiger charge is -2.33. The first-order valence-electron chi connectivity index (χ1n) is 4.48. The van der Waals surface area contributed by atoms with Crippen molar-refractivity contribution < 1.29 is 5.11 Å². The highest BCUT2D eigenvalue weighted by molar-refractivity contribution is 5.06. The Morgan fingerprint density at radius 2 is 1.60 bits per heavy atom. The molecule has 0 spiro atoms. The molecule has 0 aromatic rings. The van der Waals surface area contributed by atoms with Crippen LogP contribution in [0.25, 0.3) is 0 Å². The van der Waals surface area contributed by atoms with Crippen molar-refractivity contribution in [3.05, 3.63) is 0 Å². The molecule has 4 saturated carbocycles. The summed E-state index contributed by atoms with van der Waals surface area (Å²) in [6.07, 6.45) is 6.27. The van der Waals surface area contributed by atoms with E-state index in [1.807, 2.05) is 0 Å². The van der Waals surface area contributed by atoms with Gasteiger partial charge in [-0.25, -0.2) is 0 Å². The Hall–Kier alpha value is -0.0400. The van der Waals surface area contributed by atoms with Crippen molar-refractivity contribution in [2.75, 3.05) is 0 Å². The van der Waals surface area contributed by atoms with Gasteiger partial charge in [-0.1, -0.05) is 0 Å². The van der Waals surface area contributed by atoms with Gasteiger partial charge in [-0.15, -0.1) is 0 Å². The molecule has 4 aliphatic carbocycles. The Morgan fingerprint density at radius 3 is 2.00 bits per heavy atom. The molecule has 0 aromatic carbocycles. The van der Waals surface area contributed by atoms with Gasteiger partial charge in [0.05, 0.1) is 5.60 Å². The smallest absolute Gasteiger partial charge is 0.0656 e. The fourth-order valence-corrected chi connectivity index (χ4v) is 3.77. The summed E-state index contributed by atoms with van der Waals surface area (Å²) >= 11 is 0. The predicted molar refractivity (Wildman–Crippen MR) is 38.5 cm³/mol. The van der Waals surface area contributed by atoms with Crippen LogP contribution in [0, 0.1) is 17.8 Å². The Bertz CT molecular complexity index is 156. The molecule has 1 N–H and O–H groups in total. The van der Waals surface area contributed by atoms with E-state index >= 15 is 0 Å². The van der Waals surface area contributed by atoms with E-state index in [4.69, 9.17) is 0 Å². The van der Waals surface area contributed by atoms with Crippen LogP contribution in [0.2, 0.25) is 0 Å². The van der Waals surface area contributed by atoms with Crippen LogP contribution in [0.3, 0.4) is 0 Å². The predicted octanol–water partition coefficient (Wildman–Crippen LogP) is 1.56. The number of hydrogen-bond donors (Lipinski definition) is 1. The Kier molecular flexibility index (Phi) is 0.797. The quantitative estimate of drug-likeness (QED) is 0.538. The lowest BCUT2D eigenvalue weighted by atomic mass is 9.78. The molecule has 2 unspecified atom stereocenters. The fraction of sp³-hybridized carbons (Fsp3) is 1.00. The minimum atomic E-state index is -0.184. The maximum atomic E-state index is 9.92. The first-order valence-corrected chi connectivity index (χ1v) is 4.48. The van der Waals surface area contributed by atoms with Gasteiger partial charge in [0.25, 0.3) is 0 Å². The van der Waals surface area contributed by atoms with Crippen molar-refractivity contribution in [1.29, 1.82) is 0 Å². The van der Waals surface area contributed by atoms with Crippen LogP contribution in [0.5, 0.6) is 0 Å². The molecule has 0 amide bonds. The van der Waals surface area contributed by atoms with Crippen LogP contribution in [0.1, 0.15) is 32.1 Å². The molecule has 10 heavy (non-hydrogen) atoms. The number of aliphatic hydroxyl groups is 1. The van der Waals surface area contributed by atoms with Gasteiger partial charge < -0.3 is 5.11 Å². The van der Waals surface area contributed by atoms with E-state index in [9.17, 15) is 5.11 Å². The Labute approximate surface area is 61.4 Å². The molecule has 0 radical (unpaired) electrons. The van der Waals surface area contributed by atoms with Crippen LogP contribution in [-0.2, 0) is 0 Å². The van der Waals surface area contributed by atoms with Gasteiger partial charge >= 0.3 is 0 Å². The van der Waals surface area contributed by atoms with E-state index in [1.165, 1.54) is 12.8 Å². The molecule has 0 aliphatic heterocycles. The van der Waals surface area contributed by atoms with Gasteiger partial charge in [0.1, 0.15) is 0 Å². The molecule has 4 fully saturated rings. The van der Waals surface area contributed by atoms with Crippen molar-refractivity contribution in [1.82, 2.24) is 0 Å². The Balaban J connectivity index is 2.01. The van der Waals surface area contributed by atoms with E-state index in [0.717, 1.165) is 37.0 Å². The van der Waals surface area contributed by atoms with E-state index < -0.39 is 0 Å². The van der Waals surface area contributed by atoms with Gasteiger partial charge in [0.15, 0.2) is 0 Å². The van der Waals surface area contributed by atoms with Crippen molar-refractivity contribution in [2.45, 2.75) is 37.7 Å². The number of hydrogen-bond acceptors (Lipinski definition) is 1.